The molecule has 0 radical (unpaired) electrons. The van der Waals surface area contributed by atoms with Gasteiger partial charge in [0.05, 0.1) is 39.2 Å². The van der Waals surface area contributed by atoms with E-state index in [0.29, 0.717) is 6.67 Å². The molecule has 6 nitrogen and oxygen atoms in total. The van der Waals surface area contributed by atoms with Gasteiger partial charge in [-0.3, -0.25) is 9.59 Å². The maximum Gasteiger partial charge on any atom is 0.241 e. The molecule has 2 heterocycles. The zero-order valence-electron chi connectivity index (χ0n) is 16.1. The molecule has 0 spiro atoms. The quantitative estimate of drug-likeness (QED) is 0.784. The second-order valence-electron chi connectivity index (χ2n) is 7.42. The number of amides is 2. The van der Waals surface area contributed by atoms with Gasteiger partial charge in [0.2, 0.25) is 11.8 Å². The Hall–Kier alpha value is -2.86. The molecule has 2 aliphatic rings. The van der Waals surface area contributed by atoms with Crippen LogP contribution in [-0.2, 0) is 9.59 Å². The van der Waals surface area contributed by atoms with Crippen LogP contribution in [0.15, 0.2) is 54.6 Å². The Balaban J connectivity index is 1.34. The van der Waals surface area contributed by atoms with Crippen LogP contribution in [0.3, 0.4) is 0 Å². The van der Waals surface area contributed by atoms with E-state index in [1.54, 1.807) is 7.11 Å². The first kappa shape index (κ1) is 18.5. The molecule has 146 valence electrons. The van der Waals surface area contributed by atoms with Crippen LogP contribution in [0, 0.1) is 0 Å². The van der Waals surface area contributed by atoms with Crippen LogP contribution in [0.2, 0.25) is 0 Å². The summed E-state index contributed by atoms with van der Waals surface area (Å²) in [4.78, 5) is 30.3. The molecular formula is C22H26N3O3+. The van der Waals surface area contributed by atoms with E-state index in [0.717, 1.165) is 37.5 Å². The highest BCUT2D eigenvalue weighted by Crippen LogP contribution is 2.28. The first-order valence-corrected chi connectivity index (χ1v) is 9.77. The zero-order valence-corrected chi connectivity index (χ0v) is 16.1. The number of imide groups is 1. The van der Waals surface area contributed by atoms with Gasteiger partial charge in [-0.15, -0.1) is 0 Å². The summed E-state index contributed by atoms with van der Waals surface area (Å²) in [5.41, 5.74) is 2.11. The van der Waals surface area contributed by atoms with Crippen LogP contribution < -0.4 is 14.5 Å². The van der Waals surface area contributed by atoms with Crippen molar-refractivity contribution in [3.05, 3.63) is 60.2 Å². The van der Waals surface area contributed by atoms with Crippen LogP contribution in [0.25, 0.3) is 0 Å². The summed E-state index contributed by atoms with van der Waals surface area (Å²) in [5.74, 6) is 0.422. The SMILES string of the molecule is COc1ccc(N2CC[NH+](CN3C(=O)C[C@@H](c4ccccc4)C3=O)CC2)cc1. The average molecular weight is 380 g/mol. The number of hydrogen-bond donors (Lipinski definition) is 1. The predicted octanol–water partition coefficient (Wildman–Crippen LogP) is 0.900. The van der Waals surface area contributed by atoms with Crippen LogP contribution in [0.4, 0.5) is 5.69 Å². The minimum Gasteiger partial charge on any atom is -0.497 e. The van der Waals surface area contributed by atoms with Crippen LogP contribution in [0.1, 0.15) is 17.9 Å². The molecule has 2 aliphatic heterocycles. The largest absolute Gasteiger partial charge is 0.497 e. The molecule has 0 aromatic heterocycles. The lowest BCUT2D eigenvalue weighted by molar-refractivity contribution is -0.907. The molecule has 4 rings (SSSR count). The standard InChI is InChI=1S/C22H25N3O3/c1-28-19-9-7-18(8-10-19)24-13-11-23(12-14-24)16-25-21(26)15-20(22(25)27)17-5-3-2-4-6-17/h2-10,20H,11-16H2,1H3/p+1/t20-/m0/s1. The van der Waals surface area contributed by atoms with Crippen molar-refractivity contribution in [3.63, 3.8) is 0 Å². The molecule has 1 atom stereocenters. The van der Waals surface area contributed by atoms with Gasteiger partial charge in [0.15, 0.2) is 6.67 Å². The van der Waals surface area contributed by atoms with Crippen molar-refractivity contribution in [2.45, 2.75) is 12.3 Å². The normalized spacial score (nSPS) is 20.7. The second kappa shape index (κ2) is 8.02. The minimum absolute atomic E-state index is 0.0519. The second-order valence-corrected chi connectivity index (χ2v) is 7.42. The first-order chi connectivity index (χ1) is 13.7. The Morgan fingerprint density at radius 2 is 1.68 bits per heavy atom. The summed E-state index contributed by atoms with van der Waals surface area (Å²) in [7, 11) is 1.67. The molecule has 6 heteroatoms. The van der Waals surface area contributed by atoms with Gasteiger partial charge in [-0.05, 0) is 29.8 Å². The number of benzene rings is 2. The van der Waals surface area contributed by atoms with E-state index in [-0.39, 0.29) is 24.2 Å². The van der Waals surface area contributed by atoms with Gasteiger partial charge >= 0.3 is 0 Å². The fourth-order valence-electron chi connectivity index (χ4n) is 4.05. The average Bonchev–Trinajstić information content (AvgIpc) is 3.03. The fourth-order valence-corrected chi connectivity index (χ4v) is 4.05. The molecule has 0 aliphatic carbocycles. The summed E-state index contributed by atoms with van der Waals surface area (Å²) in [5, 5.41) is 0. The molecule has 2 aromatic rings. The predicted molar refractivity (Wildman–Crippen MR) is 106 cm³/mol. The molecule has 2 fully saturated rings. The van der Waals surface area contributed by atoms with Gasteiger partial charge in [0.1, 0.15) is 5.75 Å². The third-order valence-electron chi connectivity index (χ3n) is 5.74. The number of hydrogen-bond acceptors (Lipinski definition) is 4. The summed E-state index contributed by atoms with van der Waals surface area (Å²) in [6.45, 7) is 4.08. The van der Waals surface area contributed by atoms with Crippen LogP contribution >= 0.6 is 0 Å². The van der Waals surface area contributed by atoms with E-state index in [1.165, 1.54) is 15.5 Å². The monoisotopic (exact) mass is 380 g/mol. The van der Waals surface area contributed by atoms with Crippen molar-refractivity contribution >= 4 is 17.5 Å². The number of piperazine rings is 1. The highest BCUT2D eigenvalue weighted by atomic mass is 16.5. The molecular weight excluding hydrogens is 354 g/mol. The van der Waals surface area contributed by atoms with E-state index in [9.17, 15) is 9.59 Å². The van der Waals surface area contributed by atoms with Crippen molar-refractivity contribution in [2.75, 3.05) is 44.9 Å². The number of rotatable bonds is 5. The van der Waals surface area contributed by atoms with Crippen molar-refractivity contribution in [1.29, 1.82) is 0 Å². The molecule has 1 N–H and O–H groups in total. The van der Waals surface area contributed by atoms with Gasteiger partial charge in [-0.25, -0.2) is 4.90 Å². The van der Waals surface area contributed by atoms with Crippen molar-refractivity contribution in [3.8, 4) is 5.75 Å². The molecule has 28 heavy (non-hydrogen) atoms. The minimum atomic E-state index is -0.325. The number of quaternary nitrogens is 1. The lowest BCUT2D eigenvalue weighted by Gasteiger charge is -2.35. The zero-order chi connectivity index (χ0) is 19.5. The van der Waals surface area contributed by atoms with Crippen molar-refractivity contribution < 1.29 is 19.2 Å². The Bertz CT molecular complexity index is 830. The fraction of sp³-hybridized carbons (Fsp3) is 0.364. The summed E-state index contributed by atoms with van der Waals surface area (Å²) in [6.07, 6.45) is 0.286. The van der Waals surface area contributed by atoms with Gasteiger partial charge in [0.25, 0.3) is 0 Å². The molecule has 2 amide bonds. The van der Waals surface area contributed by atoms with Crippen molar-refractivity contribution in [2.24, 2.45) is 0 Å². The number of nitrogens with one attached hydrogen (secondary N) is 1. The number of anilines is 1. The van der Waals surface area contributed by atoms with Crippen LogP contribution in [0.5, 0.6) is 5.75 Å². The summed E-state index contributed by atoms with van der Waals surface area (Å²) < 4.78 is 5.22. The third kappa shape index (κ3) is 3.73. The van der Waals surface area contributed by atoms with E-state index in [1.807, 2.05) is 42.5 Å². The highest BCUT2D eigenvalue weighted by Gasteiger charge is 2.41. The number of ether oxygens (including phenoxy) is 1. The summed E-state index contributed by atoms with van der Waals surface area (Å²) in [6, 6.07) is 17.7. The molecule has 0 unspecified atom stereocenters. The van der Waals surface area contributed by atoms with Gasteiger partial charge in [-0.1, -0.05) is 30.3 Å². The Morgan fingerprint density at radius 3 is 2.32 bits per heavy atom. The maximum absolute atomic E-state index is 12.8. The number of methoxy groups -OCH3 is 1. The van der Waals surface area contributed by atoms with E-state index in [4.69, 9.17) is 4.74 Å². The number of likely N-dealkylation sites (tertiary alicyclic amines) is 1. The molecule has 2 aromatic carbocycles. The maximum atomic E-state index is 12.8. The number of nitrogens with zero attached hydrogens (tertiary/aromatic N) is 2. The van der Waals surface area contributed by atoms with Gasteiger partial charge in [0, 0.05) is 12.1 Å². The lowest BCUT2D eigenvalue weighted by atomic mass is 9.98. The Kier molecular flexibility index (Phi) is 5.30. The summed E-state index contributed by atoms with van der Waals surface area (Å²) >= 11 is 0. The van der Waals surface area contributed by atoms with Gasteiger partial charge < -0.3 is 14.5 Å². The van der Waals surface area contributed by atoms with Crippen LogP contribution in [-0.4, -0.2) is 56.7 Å². The first-order valence-electron chi connectivity index (χ1n) is 9.77. The molecule has 2 saturated heterocycles. The van der Waals surface area contributed by atoms with E-state index >= 15 is 0 Å². The third-order valence-corrected chi connectivity index (χ3v) is 5.74. The Labute approximate surface area is 165 Å². The number of carbonyl (C=O) groups is 2. The van der Waals surface area contributed by atoms with Crippen molar-refractivity contribution in [1.82, 2.24) is 4.90 Å². The van der Waals surface area contributed by atoms with Gasteiger partial charge in [-0.2, -0.15) is 0 Å². The lowest BCUT2D eigenvalue weighted by Crippen LogP contribution is -3.16. The Morgan fingerprint density at radius 1 is 1.00 bits per heavy atom. The van der Waals surface area contributed by atoms with E-state index in [2.05, 4.69) is 17.0 Å². The highest BCUT2D eigenvalue weighted by molar-refractivity contribution is 6.06. The van der Waals surface area contributed by atoms with E-state index < -0.39 is 0 Å². The topological polar surface area (TPSA) is 54.3 Å². The number of carbonyl (C=O) groups excluding carboxylic acids is 2. The molecule has 0 bridgehead atoms. The smallest absolute Gasteiger partial charge is 0.241 e. The molecule has 0 saturated carbocycles.